The predicted molar refractivity (Wildman–Crippen MR) is 58.2 cm³/mol. The molecule has 0 aromatic rings. The standard InChI is InChI=1S/C12H24O2/c1-4-5-9(2)8-12(13)11-6-7-14-10(11)3/h9-13H,4-8H2,1-3H3. The van der Waals surface area contributed by atoms with Crippen LogP contribution in [0, 0.1) is 11.8 Å². The molecule has 14 heavy (non-hydrogen) atoms. The maximum Gasteiger partial charge on any atom is 0.0600 e. The number of rotatable bonds is 5. The van der Waals surface area contributed by atoms with E-state index in [1.54, 1.807) is 0 Å². The van der Waals surface area contributed by atoms with Gasteiger partial charge in [0, 0.05) is 12.5 Å². The van der Waals surface area contributed by atoms with Gasteiger partial charge in [-0.2, -0.15) is 0 Å². The fourth-order valence-corrected chi connectivity index (χ4v) is 2.45. The molecule has 1 saturated heterocycles. The van der Waals surface area contributed by atoms with Crippen molar-refractivity contribution in [2.45, 2.75) is 58.7 Å². The Morgan fingerprint density at radius 1 is 1.50 bits per heavy atom. The molecule has 2 heteroatoms. The van der Waals surface area contributed by atoms with Crippen LogP contribution in [-0.4, -0.2) is 23.9 Å². The van der Waals surface area contributed by atoms with Crippen molar-refractivity contribution >= 4 is 0 Å². The lowest BCUT2D eigenvalue weighted by molar-refractivity contribution is 0.0317. The van der Waals surface area contributed by atoms with E-state index in [1.165, 1.54) is 12.8 Å². The third-order valence-electron chi connectivity index (χ3n) is 3.35. The van der Waals surface area contributed by atoms with Crippen molar-refractivity contribution in [3.8, 4) is 0 Å². The first kappa shape index (κ1) is 12.0. The van der Waals surface area contributed by atoms with E-state index in [-0.39, 0.29) is 12.2 Å². The van der Waals surface area contributed by atoms with Gasteiger partial charge in [0.25, 0.3) is 0 Å². The summed E-state index contributed by atoms with van der Waals surface area (Å²) >= 11 is 0. The van der Waals surface area contributed by atoms with Crippen molar-refractivity contribution < 1.29 is 9.84 Å². The second-order valence-electron chi connectivity index (χ2n) is 4.73. The molecule has 0 saturated carbocycles. The Hall–Kier alpha value is -0.0800. The molecule has 1 fully saturated rings. The van der Waals surface area contributed by atoms with Gasteiger partial charge in [-0.25, -0.2) is 0 Å². The second-order valence-corrected chi connectivity index (χ2v) is 4.73. The van der Waals surface area contributed by atoms with E-state index in [4.69, 9.17) is 4.74 Å². The van der Waals surface area contributed by atoms with Gasteiger partial charge < -0.3 is 9.84 Å². The van der Waals surface area contributed by atoms with Crippen molar-refractivity contribution in [3.63, 3.8) is 0 Å². The van der Waals surface area contributed by atoms with Gasteiger partial charge in [-0.1, -0.05) is 26.7 Å². The highest BCUT2D eigenvalue weighted by atomic mass is 16.5. The predicted octanol–water partition coefficient (Wildman–Crippen LogP) is 2.60. The molecule has 0 amide bonds. The van der Waals surface area contributed by atoms with E-state index in [0.717, 1.165) is 19.4 Å². The van der Waals surface area contributed by atoms with Crippen molar-refractivity contribution in [1.82, 2.24) is 0 Å². The van der Waals surface area contributed by atoms with E-state index in [1.807, 2.05) is 0 Å². The lowest BCUT2D eigenvalue weighted by atomic mass is 9.88. The molecule has 0 radical (unpaired) electrons. The summed E-state index contributed by atoms with van der Waals surface area (Å²) in [5.41, 5.74) is 0. The third-order valence-corrected chi connectivity index (χ3v) is 3.35. The quantitative estimate of drug-likeness (QED) is 0.739. The Morgan fingerprint density at radius 3 is 2.71 bits per heavy atom. The average Bonchev–Trinajstić information content (AvgIpc) is 2.51. The summed E-state index contributed by atoms with van der Waals surface area (Å²) in [6.07, 6.45) is 4.49. The molecule has 1 aliphatic rings. The van der Waals surface area contributed by atoms with Gasteiger partial charge in [0.1, 0.15) is 0 Å². The summed E-state index contributed by atoms with van der Waals surface area (Å²) in [5.74, 6) is 1.01. The minimum absolute atomic E-state index is 0.158. The molecule has 1 aliphatic heterocycles. The number of hydrogen-bond acceptors (Lipinski definition) is 2. The van der Waals surface area contributed by atoms with Crippen LogP contribution in [0.4, 0.5) is 0 Å². The van der Waals surface area contributed by atoms with Gasteiger partial charge in [0.05, 0.1) is 12.2 Å². The van der Waals surface area contributed by atoms with Crippen LogP contribution in [0.5, 0.6) is 0 Å². The van der Waals surface area contributed by atoms with E-state index in [9.17, 15) is 5.11 Å². The molecular weight excluding hydrogens is 176 g/mol. The number of aliphatic hydroxyl groups excluding tert-OH is 1. The lowest BCUT2D eigenvalue weighted by Gasteiger charge is -2.23. The SMILES string of the molecule is CCCC(C)CC(O)C1CCOC1C. The topological polar surface area (TPSA) is 29.5 Å². The van der Waals surface area contributed by atoms with E-state index in [2.05, 4.69) is 20.8 Å². The van der Waals surface area contributed by atoms with E-state index >= 15 is 0 Å². The van der Waals surface area contributed by atoms with Crippen LogP contribution in [0.2, 0.25) is 0 Å². The average molecular weight is 200 g/mol. The molecule has 2 nitrogen and oxygen atoms in total. The third kappa shape index (κ3) is 3.25. The largest absolute Gasteiger partial charge is 0.393 e. The van der Waals surface area contributed by atoms with Gasteiger partial charge in [0.2, 0.25) is 0 Å². The van der Waals surface area contributed by atoms with Crippen LogP contribution in [0.25, 0.3) is 0 Å². The Kier molecular flexibility index (Phi) is 4.90. The smallest absolute Gasteiger partial charge is 0.0600 e. The van der Waals surface area contributed by atoms with E-state index < -0.39 is 0 Å². The van der Waals surface area contributed by atoms with E-state index in [0.29, 0.717) is 11.8 Å². The van der Waals surface area contributed by atoms with Crippen LogP contribution >= 0.6 is 0 Å². The summed E-state index contributed by atoms with van der Waals surface area (Å²) in [6.45, 7) is 7.33. The Morgan fingerprint density at radius 2 is 2.21 bits per heavy atom. The molecule has 1 rings (SSSR count). The summed E-state index contributed by atoms with van der Waals surface area (Å²) in [6, 6.07) is 0. The van der Waals surface area contributed by atoms with Gasteiger partial charge in [-0.15, -0.1) is 0 Å². The van der Waals surface area contributed by atoms with Crippen LogP contribution in [0.3, 0.4) is 0 Å². The number of hydrogen-bond donors (Lipinski definition) is 1. The molecule has 0 bridgehead atoms. The summed E-state index contributed by atoms with van der Waals surface area (Å²) in [4.78, 5) is 0. The first-order valence-corrected chi connectivity index (χ1v) is 5.94. The number of ether oxygens (including phenoxy) is 1. The van der Waals surface area contributed by atoms with Crippen molar-refractivity contribution in [1.29, 1.82) is 0 Å². The highest BCUT2D eigenvalue weighted by Crippen LogP contribution is 2.28. The zero-order valence-electron chi connectivity index (χ0n) is 9.70. The molecule has 4 unspecified atom stereocenters. The van der Waals surface area contributed by atoms with Gasteiger partial charge >= 0.3 is 0 Å². The van der Waals surface area contributed by atoms with Crippen LogP contribution < -0.4 is 0 Å². The van der Waals surface area contributed by atoms with Gasteiger partial charge in [-0.3, -0.25) is 0 Å². The fourth-order valence-electron chi connectivity index (χ4n) is 2.45. The Balaban J connectivity index is 2.29. The highest BCUT2D eigenvalue weighted by Gasteiger charge is 2.31. The van der Waals surface area contributed by atoms with Crippen LogP contribution in [-0.2, 0) is 4.74 Å². The molecule has 1 N–H and O–H groups in total. The van der Waals surface area contributed by atoms with Crippen molar-refractivity contribution in [3.05, 3.63) is 0 Å². The number of aliphatic hydroxyl groups is 1. The summed E-state index contributed by atoms with van der Waals surface area (Å²) in [7, 11) is 0. The molecule has 4 atom stereocenters. The van der Waals surface area contributed by atoms with Crippen molar-refractivity contribution in [2.75, 3.05) is 6.61 Å². The monoisotopic (exact) mass is 200 g/mol. The summed E-state index contributed by atoms with van der Waals surface area (Å²) < 4.78 is 5.47. The van der Waals surface area contributed by atoms with Gasteiger partial charge in [0.15, 0.2) is 0 Å². The van der Waals surface area contributed by atoms with Crippen LogP contribution in [0.15, 0.2) is 0 Å². The van der Waals surface area contributed by atoms with Crippen LogP contribution in [0.1, 0.15) is 46.5 Å². The minimum Gasteiger partial charge on any atom is -0.393 e. The maximum absolute atomic E-state index is 10.0. The second kappa shape index (κ2) is 5.72. The minimum atomic E-state index is -0.158. The zero-order valence-corrected chi connectivity index (χ0v) is 9.70. The van der Waals surface area contributed by atoms with Crippen molar-refractivity contribution in [2.24, 2.45) is 11.8 Å². The molecule has 84 valence electrons. The summed E-state index contributed by atoms with van der Waals surface area (Å²) in [5, 5.41) is 10.0. The molecule has 0 aliphatic carbocycles. The molecular formula is C12H24O2. The first-order chi connectivity index (χ1) is 6.65. The fraction of sp³-hybridized carbons (Fsp3) is 1.00. The molecule has 0 spiro atoms. The Labute approximate surface area is 87.7 Å². The normalized spacial score (nSPS) is 31.7. The molecule has 1 heterocycles. The highest BCUT2D eigenvalue weighted by molar-refractivity contribution is 4.80. The Bertz CT molecular complexity index is 158. The maximum atomic E-state index is 10.0. The molecule has 0 aromatic heterocycles. The first-order valence-electron chi connectivity index (χ1n) is 5.94. The zero-order chi connectivity index (χ0) is 10.6. The molecule has 0 aromatic carbocycles. The lowest BCUT2D eigenvalue weighted by Crippen LogP contribution is -2.27. The van der Waals surface area contributed by atoms with Gasteiger partial charge in [-0.05, 0) is 25.7 Å².